The number of methoxy groups -OCH3 is 1. The second-order valence-corrected chi connectivity index (χ2v) is 10.0. The molecule has 0 radical (unpaired) electrons. The standard InChI is InChI=1S/C13H18O2.C8H8O2.C7H14O2.CO2.CH4/c1-10-5-6-11(8-14)12(7-10)15-9-13(2,3)4;1-6-2-3-7(5-9)8(10)4-6;1-5-7(2,3)6(8)9-4;2-1-3;/h5-8H,9H2,1-4H3;2-5,10H,1H3;5H2,1-4H3;;1H4. The van der Waals surface area contributed by atoms with Crippen LogP contribution in [-0.2, 0) is 19.1 Å². The molecule has 38 heavy (non-hydrogen) atoms. The topological polar surface area (TPSA) is 124 Å². The maximum Gasteiger partial charge on any atom is 0.373 e. The molecule has 1 N–H and O–H groups in total. The molecule has 0 unspecified atom stereocenters. The number of phenols is 1. The van der Waals surface area contributed by atoms with Crippen molar-refractivity contribution >= 4 is 24.7 Å². The van der Waals surface area contributed by atoms with Crippen LogP contribution in [0.2, 0.25) is 0 Å². The van der Waals surface area contributed by atoms with Gasteiger partial charge in [-0.1, -0.05) is 47.3 Å². The first-order valence-corrected chi connectivity index (χ1v) is 11.6. The van der Waals surface area contributed by atoms with E-state index in [1.165, 1.54) is 7.11 Å². The molecule has 0 aliphatic carbocycles. The van der Waals surface area contributed by atoms with Crippen molar-refractivity contribution in [2.24, 2.45) is 10.8 Å². The molecule has 0 atom stereocenters. The summed E-state index contributed by atoms with van der Waals surface area (Å²) in [6, 6.07) is 10.5. The third-order valence-electron chi connectivity index (χ3n) is 4.89. The predicted molar refractivity (Wildman–Crippen MR) is 148 cm³/mol. The zero-order valence-electron chi connectivity index (χ0n) is 23.3. The third kappa shape index (κ3) is 16.8. The third-order valence-corrected chi connectivity index (χ3v) is 4.89. The number of carbonyl (C=O) groups excluding carboxylic acids is 5. The SMILES string of the molecule is C.CCC(C)(C)C(=O)OC.Cc1ccc(C=O)c(O)c1.Cc1ccc(C=O)c(OCC(C)(C)C)c1.O=C=O. The number of benzene rings is 2. The van der Waals surface area contributed by atoms with Gasteiger partial charge >= 0.3 is 12.1 Å². The highest BCUT2D eigenvalue weighted by Crippen LogP contribution is 2.22. The van der Waals surface area contributed by atoms with Crippen LogP contribution in [0.1, 0.15) is 87.2 Å². The average molecular weight is 533 g/mol. The number of aryl methyl sites for hydroxylation is 2. The Morgan fingerprint density at radius 3 is 1.71 bits per heavy atom. The lowest BCUT2D eigenvalue weighted by Gasteiger charge is -2.19. The molecule has 2 aromatic carbocycles. The fourth-order valence-corrected chi connectivity index (χ4v) is 2.33. The van der Waals surface area contributed by atoms with Crippen molar-refractivity contribution in [2.45, 2.75) is 69.2 Å². The molecule has 212 valence electrons. The fraction of sp³-hybridized carbons (Fsp3) is 0.467. The summed E-state index contributed by atoms with van der Waals surface area (Å²) in [4.78, 5) is 48.1. The van der Waals surface area contributed by atoms with Gasteiger partial charge in [0.2, 0.25) is 0 Å². The predicted octanol–water partition coefficient (Wildman–Crippen LogP) is 6.39. The maximum absolute atomic E-state index is 10.8. The van der Waals surface area contributed by atoms with E-state index in [4.69, 9.17) is 19.4 Å². The van der Waals surface area contributed by atoms with E-state index in [2.05, 4.69) is 25.5 Å². The fourth-order valence-electron chi connectivity index (χ4n) is 2.33. The summed E-state index contributed by atoms with van der Waals surface area (Å²) in [6.07, 6.45) is 2.53. The van der Waals surface area contributed by atoms with Crippen LogP contribution in [0, 0.1) is 24.7 Å². The smallest absolute Gasteiger partial charge is 0.373 e. The largest absolute Gasteiger partial charge is 0.507 e. The van der Waals surface area contributed by atoms with Crippen LogP contribution in [0.3, 0.4) is 0 Å². The van der Waals surface area contributed by atoms with Crippen LogP contribution >= 0.6 is 0 Å². The Kier molecular flexibility index (Phi) is 19.7. The Morgan fingerprint density at radius 2 is 1.37 bits per heavy atom. The minimum absolute atomic E-state index is 0. The Hall–Kier alpha value is -3.77. The Morgan fingerprint density at radius 1 is 0.921 bits per heavy atom. The summed E-state index contributed by atoms with van der Waals surface area (Å²) in [5.41, 5.74) is 2.79. The monoisotopic (exact) mass is 532 g/mol. The van der Waals surface area contributed by atoms with Crippen molar-refractivity contribution < 1.29 is 38.6 Å². The van der Waals surface area contributed by atoms with Crippen molar-refractivity contribution in [2.75, 3.05) is 13.7 Å². The summed E-state index contributed by atoms with van der Waals surface area (Å²) in [7, 11) is 1.42. The van der Waals surface area contributed by atoms with Crippen LogP contribution in [-0.4, -0.2) is 43.5 Å². The number of aromatic hydroxyl groups is 1. The second kappa shape index (κ2) is 19.4. The lowest BCUT2D eigenvalue weighted by Crippen LogP contribution is -2.24. The van der Waals surface area contributed by atoms with E-state index in [1.54, 1.807) is 24.3 Å². The van der Waals surface area contributed by atoms with Crippen LogP contribution in [0.25, 0.3) is 0 Å². The van der Waals surface area contributed by atoms with Crippen molar-refractivity contribution in [3.05, 3.63) is 58.7 Å². The number of phenolic OH excluding ortho intramolecular Hbond substituents is 1. The molecule has 0 aliphatic heterocycles. The lowest BCUT2D eigenvalue weighted by molar-refractivity contribution is -0.191. The molecule has 0 bridgehead atoms. The highest BCUT2D eigenvalue weighted by molar-refractivity contribution is 5.79. The molecule has 2 rings (SSSR count). The molecule has 2 aromatic rings. The minimum atomic E-state index is -0.311. The van der Waals surface area contributed by atoms with Crippen LogP contribution in [0.4, 0.5) is 0 Å². The first-order valence-electron chi connectivity index (χ1n) is 11.6. The van der Waals surface area contributed by atoms with Crippen LogP contribution in [0.5, 0.6) is 11.5 Å². The van der Waals surface area contributed by atoms with E-state index in [-0.39, 0.29) is 36.1 Å². The van der Waals surface area contributed by atoms with Gasteiger partial charge < -0.3 is 14.6 Å². The Bertz CT molecular complexity index is 1030. The molecular formula is C30H44O8. The zero-order chi connectivity index (χ0) is 29.2. The summed E-state index contributed by atoms with van der Waals surface area (Å²) < 4.78 is 10.2. The molecule has 0 fully saturated rings. The average Bonchev–Trinajstić information content (AvgIpc) is 2.83. The van der Waals surface area contributed by atoms with Crippen LogP contribution < -0.4 is 4.74 Å². The van der Waals surface area contributed by atoms with Crippen molar-refractivity contribution in [1.29, 1.82) is 0 Å². The minimum Gasteiger partial charge on any atom is -0.507 e. The van der Waals surface area contributed by atoms with Gasteiger partial charge in [-0.25, -0.2) is 0 Å². The number of hydrogen-bond donors (Lipinski definition) is 1. The molecule has 8 heteroatoms. The molecule has 0 heterocycles. The molecular weight excluding hydrogens is 488 g/mol. The summed E-state index contributed by atoms with van der Waals surface area (Å²) in [6.45, 7) is 16.5. The quantitative estimate of drug-likeness (QED) is 0.335. The zero-order valence-corrected chi connectivity index (χ0v) is 23.3. The molecule has 0 saturated heterocycles. The van der Waals surface area contributed by atoms with Crippen molar-refractivity contribution in [1.82, 2.24) is 0 Å². The van der Waals surface area contributed by atoms with E-state index in [0.717, 1.165) is 23.8 Å². The first-order chi connectivity index (χ1) is 17.1. The number of rotatable bonds is 6. The number of hydrogen-bond acceptors (Lipinski definition) is 8. The number of ether oxygens (including phenoxy) is 2. The number of aldehydes is 2. The summed E-state index contributed by atoms with van der Waals surface area (Å²) >= 11 is 0. The van der Waals surface area contributed by atoms with Gasteiger partial charge in [0, 0.05) is 0 Å². The van der Waals surface area contributed by atoms with E-state index >= 15 is 0 Å². The van der Waals surface area contributed by atoms with E-state index in [9.17, 15) is 14.4 Å². The molecule has 0 aromatic heterocycles. The van der Waals surface area contributed by atoms with Gasteiger partial charge in [0.15, 0.2) is 12.6 Å². The van der Waals surface area contributed by atoms with E-state index < -0.39 is 0 Å². The Balaban J connectivity index is -0.000000470. The second-order valence-electron chi connectivity index (χ2n) is 10.0. The molecule has 0 saturated carbocycles. The molecule has 0 spiro atoms. The normalized spacial score (nSPS) is 9.71. The van der Waals surface area contributed by atoms with Gasteiger partial charge in [-0.15, -0.1) is 0 Å². The van der Waals surface area contributed by atoms with E-state index in [1.807, 2.05) is 46.8 Å². The number of carbonyl (C=O) groups is 3. The molecule has 0 aliphatic rings. The lowest BCUT2D eigenvalue weighted by atomic mass is 9.91. The van der Waals surface area contributed by atoms with Gasteiger partial charge in [0.25, 0.3) is 0 Å². The maximum atomic E-state index is 10.8. The van der Waals surface area contributed by atoms with E-state index in [0.29, 0.717) is 29.8 Å². The van der Waals surface area contributed by atoms with Crippen molar-refractivity contribution in [3.8, 4) is 11.5 Å². The molecule has 0 amide bonds. The van der Waals surface area contributed by atoms with Gasteiger partial charge in [-0.3, -0.25) is 14.4 Å². The summed E-state index contributed by atoms with van der Waals surface area (Å²) in [5, 5.41) is 9.06. The first kappa shape index (κ1) is 38.8. The Labute approximate surface area is 227 Å². The van der Waals surface area contributed by atoms with Gasteiger partial charge in [0.1, 0.15) is 11.5 Å². The highest BCUT2D eigenvalue weighted by atomic mass is 16.5. The number of esters is 1. The highest BCUT2D eigenvalue weighted by Gasteiger charge is 2.25. The van der Waals surface area contributed by atoms with Crippen molar-refractivity contribution in [3.63, 3.8) is 0 Å². The molecule has 8 nitrogen and oxygen atoms in total. The van der Waals surface area contributed by atoms with Crippen LogP contribution in [0.15, 0.2) is 36.4 Å². The van der Waals surface area contributed by atoms with Gasteiger partial charge in [-0.05, 0) is 74.9 Å². The van der Waals surface area contributed by atoms with Gasteiger partial charge in [-0.2, -0.15) is 9.59 Å². The van der Waals surface area contributed by atoms with Gasteiger partial charge in [0.05, 0.1) is 30.3 Å². The summed E-state index contributed by atoms with van der Waals surface area (Å²) in [5.74, 6) is 0.597.